The summed E-state index contributed by atoms with van der Waals surface area (Å²) in [5.41, 5.74) is 3.81. The third-order valence-corrected chi connectivity index (χ3v) is 7.68. The molecule has 0 bridgehead atoms. The number of pyridine rings is 2. The average molecular weight is 554 g/mol. The quantitative estimate of drug-likeness (QED) is 0.311. The Hall–Kier alpha value is -4.44. The third kappa shape index (κ3) is 4.67. The molecule has 41 heavy (non-hydrogen) atoms. The summed E-state index contributed by atoms with van der Waals surface area (Å²) in [5.74, 6) is 1.54. The number of fused-ring (bicyclic) bond motifs is 2. The van der Waals surface area contributed by atoms with E-state index in [9.17, 15) is 15.0 Å². The first-order chi connectivity index (χ1) is 20.1. The van der Waals surface area contributed by atoms with E-state index in [-0.39, 0.29) is 18.8 Å². The smallest absolute Gasteiger partial charge is 0.280 e. The lowest BCUT2D eigenvalue weighted by atomic mass is 9.90. The summed E-state index contributed by atoms with van der Waals surface area (Å²) < 4.78 is 18.3. The Labute approximate surface area is 236 Å². The number of methoxy groups -OCH3 is 2. The van der Waals surface area contributed by atoms with Crippen molar-refractivity contribution in [3.63, 3.8) is 0 Å². The van der Waals surface area contributed by atoms with Gasteiger partial charge in [0.2, 0.25) is 0 Å². The molecule has 2 aromatic heterocycles. The van der Waals surface area contributed by atoms with Crippen molar-refractivity contribution in [3.8, 4) is 28.4 Å². The van der Waals surface area contributed by atoms with Crippen molar-refractivity contribution in [2.75, 3.05) is 45.4 Å². The zero-order valence-electron chi connectivity index (χ0n) is 23.0. The van der Waals surface area contributed by atoms with Crippen LogP contribution in [0.1, 0.15) is 11.1 Å². The predicted molar refractivity (Wildman–Crippen MR) is 158 cm³/mol. The number of anilines is 1. The first-order valence-corrected chi connectivity index (χ1v) is 13.4. The fraction of sp³-hybridized carbons (Fsp3) is 0.250. The second-order valence-electron chi connectivity index (χ2n) is 9.86. The molecule has 1 aliphatic heterocycles. The van der Waals surface area contributed by atoms with Crippen LogP contribution in [0.15, 0.2) is 71.7 Å². The van der Waals surface area contributed by atoms with Crippen LogP contribution < -0.4 is 19.9 Å². The Kier molecular flexibility index (Phi) is 7.32. The van der Waals surface area contributed by atoms with Gasteiger partial charge in [0.1, 0.15) is 11.5 Å². The minimum atomic E-state index is -0.289. The van der Waals surface area contributed by atoms with Crippen molar-refractivity contribution in [1.82, 2.24) is 9.55 Å². The van der Waals surface area contributed by atoms with Gasteiger partial charge in [-0.25, -0.2) is 4.98 Å². The highest BCUT2D eigenvalue weighted by molar-refractivity contribution is 6.01. The zero-order chi connectivity index (χ0) is 28.5. The molecule has 0 aliphatic carbocycles. The molecule has 1 aliphatic rings. The summed E-state index contributed by atoms with van der Waals surface area (Å²) in [4.78, 5) is 20.7. The summed E-state index contributed by atoms with van der Waals surface area (Å²) in [6.45, 7) is 1.84. The van der Waals surface area contributed by atoms with Crippen LogP contribution >= 0.6 is 0 Å². The third-order valence-electron chi connectivity index (χ3n) is 7.68. The van der Waals surface area contributed by atoms with Gasteiger partial charge in [0.15, 0.2) is 11.5 Å². The highest BCUT2D eigenvalue weighted by Gasteiger charge is 2.21. The maximum atomic E-state index is 14.1. The number of aliphatic hydroxyl groups is 2. The Bertz CT molecular complexity index is 1800. The molecule has 9 heteroatoms. The van der Waals surface area contributed by atoms with E-state index in [1.54, 1.807) is 25.0 Å². The van der Waals surface area contributed by atoms with Gasteiger partial charge in [-0.15, -0.1) is 0 Å². The van der Waals surface area contributed by atoms with E-state index in [1.807, 2.05) is 60.7 Å². The first kappa shape index (κ1) is 26.8. The number of morpholine rings is 1. The van der Waals surface area contributed by atoms with Crippen LogP contribution in [0.4, 0.5) is 5.69 Å². The van der Waals surface area contributed by atoms with Crippen LogP contribution in [0.25, 0.3) is 38.6 Å². The van der Waals surface area contributed by atoms with Gasteiger partial charge in [0.25, 0.3) is 5.56 Å². The summed E-state index contributed by atoms with van der Waals surface area (Å²) >= 11 is 0. The Morgan fingerprint density at radius 2 is 1.66 bits per heavy atom. The largest absolute Gasteiger partial charge is 0.493 e. The number of rotatable bonds is 7. The van der Waals surface area contributed by atoms with Crippen LogP contribution in [-0.4, -0.2) is 60.3 Å². The highest BCUT2D eigenvalue weighted by atomic mass is 16.5. The van der Waals surface area contributed by atoms with Crippen LogP contribution in [0, 0.1) is 0 Å². The van der Waals surface area contributed by atoms with Crippen LogP contribution in [0.3, 0.4) is 0 Å². The predicted octanol–water partition coefficient (Wildman–Crippen LogP) is 4.04. The molecule has 0 amide bonds. The maximum absolute atomic E-state index is 14.1. The first-order valence-electron chi connectivity index (χ1n) is 13.4. The van der Waals surface area contributed by atoms with Gasteiger partial charge in [-0.1, -0.05) is 18.2 Å². The van der Waals surface area contributed by atoms with Gasteiger partial charge in [-0.2, -0.15) is 0 Å². The summed E-state index contributed by atoms with van der Waals surface area (Å²) in [5, 5.41) is 23.2. The van der Waals surface area contributed by atoms with Crippen molar-refractivity contribution in [2.45, 2.75) is 13.2 Å². The molecule has 0 unspecified atom stereocenters. The van der Waals surface area contributed by atoms with E-state index in [0.717, 1.165) is 32.8 Å². The summed E-state index contributed by atoms with van der Waals surface area (Å²) in [7, 11) is 3.14. The van der Waals surface area contributed by atoms with E-state index in [4.69, 9.17) is 14.2 Å². The Morgan fingerprint density at radius 3 is 2.39 bits per heavy atom. The van der Waals surface area contributed by atoms with Crippen LogP contribution in [-0.2, 0) is 18.0 Å². The van der Waals surface area contributed by atoms with Gasteiger partial charge >= 0.3 is 0 Å². The molecule has 5 aromatic rings. The van der Waals surface area contributed by atoms with E-state index >= 15 is 0 Å². The number of benzene rings is 3. The number of ether oxygens (including phenoxy) is 3. The minimum absolute atomic E-state index is 0.169. The monoisotopic (exact) mass is 553 g/mol. The molecule has 3 aromatic carbocycles. The van der Waals surface area contributed by atoms with Crippen molar-refractivity contribution in [3.05, 3.63) is 88.3 Å². The fourth-order valence-corrected chi connectivity index (χ4v) is 5.68. The average Bonchev–Trinajstić information content (AvgIpc) is 3.03. The molecule has 0 spiro atoms. The number of para-hydroxylation sites is 1. The minimum Gasteiger partial charge on any atom is -0.493 e. The molecule has 1 saturated heterocycles. The van der Waals surface area contributed by atoms with Gasteiger partial charge in [-0.05, 0) is 75.5 Å². The molecular formula is C32H31N3O6. The van der Waals surface area contributed by atoms with E-state index in [1.165, 1.54) is 0 Å². The molecule has 210 valence electrons. The molecule has 9 nitrogen and oxygen atoms in total. The van der Waals surface area contributed by atoms with Crippen molar-refractivity contribution in [2.24, 2.45) is 0 Å². The van der Waals surface area contributed by atoms with E-state index in [0.29, 0.717) is 60.4 Å². The summed E-state index contributed by atoms with van der Waals surface area (Å²) in [6.07, 6.45) is 1.66. The Balaban J connectivity index is 1.62. The molecular weight excluding hydrogens is 522 g/mol. The second-order valence-corrected chi connectivity index (χ2v) is 9.86. The molecule has 3 heterocycles. The van der Waals surface area contributed by atoms with Crippen molar-refractivity contribution < 1.29 is 24.4 Å². The molecule has 0 saturated carbocycles. The lowest BCUT2D eigenvalue weighted by Gasteiger charge is -2.29. The van der Waals surface area contributed by atoms with E-state index < -0.39 is 0 Å². The normalized spacial score (nSPS) is 13.6. The molecule has 0 radical (unpaired) electrons. The fourth-order valence-electron chi connectivity index (χ4n) is 5.68. The number of hydrogen-bond donors (Lipinski definition) is 2. The van der Waals surface area contributed by atoms with Crippen molar-refractivity contribution in [1.29, 1.82) is 0 Å². The second kappa shape index (κ2) is 11.2. The lowest BCUT2D eigenvalue weighted by Crippen LogP contribution is -2.40. The number of hydrogen-bond acceptors (Lipinski definition) is 8. The van der Waals surface area contributed by atoms with Gasteiger partial charge in [0, 0.05) is 24.7 Å². The lowest BCUT2D eigenvalue weighted by molar-refractivity contribution is 0.122. The molecule has 6 rings (SSSR count). The van der Waals surface area contributed by atoms with Gasteiger partial charge < -0.3 is 29.3 Å². The van der Waals surface area contributed by atoms with Gasteiger partial charge in [0.05, 0.1) is 46.2 Å². The summed E-state index contributed by atoms with van der Waals surface area (Å²) in [6, 6.07) is 18.9. The number of aliphatic hydroxyl groups excluding tert-OH is 2. The SMILES string of the molecule is COc1cc2cc(CO)c(CO)c(-c3ccnc(-n4c(=O)c(N5CCOCC5)cc5ccccc54)c3)c2cc1OC. The molecule has 1 fully saturated rings. The van der Waals surface area contributed by atoms with E-state index in [2.05, 4.69) is 9.88 Å². The van der Waals surface area contributed by atoms with Crippen LogP contribution in [0.2, 0.25) is 0 Å². The standard InChI is InChI=1S/C32H31N3O6/c1-39-28-15-22-13-23(18-36)25(19-37)31(24(22)17-29(28)40-2)21-7-8-33-30(16-21)35-26-6-4-3-5-20(26)14-27(32(35)38)34-9-11-41-12-10-34/h3-8,13-17,36-37H,9-12,18-19H2,1-2H3. The Morgan fingerprint density at radius 1 is 0.902 bits per heavy atom. The zero-order valence-corrected chi connectivity index (χ0v) is 23.0. The van der Waals surface area contributed by atoms with Crippen LogP contribution in [0.5, 0.6) is 11.5 Å². The number of aromatic nitrogens is 2. The highest BCUT2D eigenvalue weighted by Crippen LogP contribution is 2.41. The molecule has 0 atom stereocenters. The van der Waals surface area contributed by atoms with Crippen molar-refractivity contribution >= 4 is 27.4 Å². The van der Waals surface area contributed by atoms with Gasteiger partial charge in [-0.3, -0.25) is 9.36 Å². The number of nitrogens with zero attached hydrogens (tertiary/aromatic N) is 3. The topological polar surface area (TPSA) is 106 Å². The molecule has 2 N–H and O–H groups in total. The maximum Gasteiger partial charge on any atom is 0.280 e.